The second-order valence-electron chi connectivity index (χ2n) is 8.48. The van der Waals surface area contributed by atoms with Crippen LogP contribution in [-0.4, -0.2) is 167 Å². The van der Waals surface area contributed by atoms with Crippen molar-refractivity contribution in [2.75, 3.05) is 65.4 Å². The Morgan fingerprint density at radius 2 is 0.510 bits per heavy atom. The fraction of sp³-hybridized carbons (Fsp3) is 0.500. The van der Waals surface area contributed by atoms with E-state index in [0.29, 0.717) is 17.2 Å². The van der Waals surface area contributed by atoms with Gasteiger partial charge in [-0.2, -0.15) is 0 Å². The van der Waals surface area contributed by atoms with Crippen molar-refractivity contribution >= 4 is 82.3 Å². The lowest BCUT2D eigenvalue weighted by atomic mass is 10.0. The molecule has 0 spiro atoms. The molecule has 0 saturated carbocycles. The van der Waals surface area contributed by atoms with Crippen molar-refractivity contribution in [2.24, 2.45) is 0 Å². The standard InChI is InChI=1S/C8H12BN2O8.2C6H10BN2O6/c12-5(13)1-10(2-6(14)15)9-11(3-7(16)17)4-8(18)19;2*10-4(11)1-8-7-9(2-5(12)13)3-6(14)15/h1-4H2,(H,12,13)(H,14,15)(H,16,17)(H,18,19);2*8H,1-3H2,(H,10,11)(H,12,13)(H,14,15)/p-10. The molecule has 29 heteroatoms. The summed E-state index contributed by atoms with van der Waals surface area (Å²) in [4.78, 5) is 105. The molecule has 0 saturated heterocycles. The van der Waals surface area contributed by atoms with Gasteiger partial charge in [0.1, 0.15) is 0 Å². The molecule has 271 valence electrons. The van der Waals surface area contributed by atoms with E-state index in [1.807, 2.05) is 0 Å². The molecular formula is C20H22B3N6O20-10. The predicted molar refractivity (Wildman–Crippen MR) is 130 cm³/mol. The second kappa shape index (κ2) is 27.7. The maximum Gasteiger partial charge on any atom is 0.314 e. The lowest BCUT2D eigenvalue weighted by molar-refractivity contribution is -0.312. The highest BCUT2D eigenvalue weighted by Crippen LogP contribution is 1.91. The predicted octanol–water partition coefficient (Wildman–Crippen LogP) is -20.6. The van der Waals surface area contributed by atoms with Gasteiger partial charge in [-0.3, -0.25) is 0 Å². The summed E-state index contributed by atoms with van der Waals surface area (Å²) in [7, 11) is 2.51. The zero-order valence-electron chi connectivity index (χ0n) is 24.8. The largest absolute Gasteiger partial charge is 0.549 e. The summed E-state index contributed by atoms with van der Waals surface area (Å²) >= 11 is 0. The average molecular weight is 699 g/mol. The van der Waals surface area contributed by atoms with Gasteiger partial charge in [-0.1, -0.05) is 0 Å². The monoisotopic (exact) mass is 699 g/mol. The Bertz CT molecular complexity index is 1010. The van der Waals surface area contributed by atoms with Gasteiger partial charge < -0.3 is 129 Å². The Hall–Kier alpha value is -5.35. The molecule has 0 unspecified atom stereocenters. The molecule has 26 nitrogen and oxygen atoms in total. The molecule has 2 N–H and O–H groups in total. The fourth-order valence-corrected chi connectivity index (χ4v) is 2.64. The second-order valence-corrected chi connectivity index (χ2v) is 8.48. The van der Waals surface area contributed by atoms with Crippen LogP contribution in [0.1, 0.15) is 0 Å². The van der Waals surface area contributed by atoms with Gasteiger partial charge >= 0.3 is 22.6 Å². The zero-order valence-corrected chi connectivity index (χ0v) is 24.8. The summed E-state index contributed by atoms with van der Waals surface area (Å²) in [6.07, 6.45) is 0. The Labute approximate surface area is 276 Å². The van der Waals surface area contributed by atoms with Crippen molar-refractivity contribution in [3.05, 3.63) is 0 Å². The quantitative estimate of drug-likeness (QED) is 0.0791. The first kappa shape index (κ1) is 48.1. The summed E-state index contributed by atoms with van der Waals surface area (Å²) in [5.41, 5.74) is 0. The molecule has 0 aliphatic heterocycles. The fourth-order valence-electron chi connectivity index (χ4n) is 2.64. The summed E-state index contributed by atoms with van der Waals surface area (Å²) < 4.78 is 0. The van der Waals surface area contributed by atoms with Crippen molar-refractivity contribution in [3.63, 3.8) is 0 Å². The van der Waals surface area contributed by atoms with Crippen LogP contribution in [0.15, 0.2) is 0 Å². The number of aliphatic carboxylic acids is 10. The number of carbonyl (C=O) groups is 10. The van der Waals surface area contributed by atoms with Gasteiger partial charge in [0, 0.05) is 65.4 Å². The van der Waals surface area contributed by atoms with Gasteiger partial charge in [0.05, 0.1) is 59.7 Å². The molecule has 0 atom stereocenters. The number of carboxylic acid groups (broad SMARTS) is 10. The number of carbonyl (C=O) groups excluding carboxylic acids is 10. The number of hydrogen-bond acceptors (Lipinski definition) is 26. The minimum atomic E-state index is -1.64. The molecule has 0 aromatic rings. The summed E-state index contributed by atoms with van der Waals surface area (Å²) in [5.74, 6) is -15.4. The first-order chi connectivity index (χ1) is 22.5. The summed E-state index contributed by atoms with van der Waals surface area (Å²) in [6, 6.07) is 0. The SMILES string of the molecule is O=C([O-])CN([B]N(CC(=O)[O-])CC(=O)[O-])CC(=O)[O-].O=C([O-])CN[B]N(CC(=O)[O-])CC(=O)[O-].O=C([O-])CN[B]N(CC(=O)[O-])CC(=O)[O-]. The molecule has 0 fully saturated rings. The van der Waals surface area contributed by atoms with Gasteiger partial charge in [-0.15, -0.1) is 0 Å². The Kier molecular flexibility index (Phi) is 27.2. The molecule has 3 radical (unpaired) electrons. The third kappa shape index (κ3) is 38.7. The topological polar surface area (TPSA) is 438 Å². The third-order valence-corrected chi connectivity index (χ3v) is 4.02. The molecule has 0 rings (SSSR count). The number of carboxylic acids is 10. The molecule has 0 heterocycles. The number of hydrogen-bond donors (Lipinski definition) is 2. The van der Waals surface area contributed by atoms with Crippen LogP contribution < -0.4 is 61.5 Å². The maximum absolute atomic E-state index is 10.4. The molecule has 0 aliphatic rings. The summed E-state index contributed by atoms with van der Waals surface area (Å²) in [6.45, 7) is -7.40. The molecule has 49 heavy (non-hydrogen) atoms. The van der Waals surface area contributed by atoms with Gasteiger partial charge in [-0.05, 0) is 0 Å². The van der Waals surface area contributed by atoms with Crippen LogP contribution in [0.3, 0.4) is 0 Å². The average Bonchev–Trinajstić information content (AvgIpc) is 2.86. The van der Waals surface area contributed by atoms with Crippen LogP contribution in [0.5, 0.6) is 0 Å². The van der Waals surface area contributed by atoms with Crippen molar-refractivity contribution in [1.82, 2.24) is 29.7 Å². The highest BCUT2D eigenvalue weighted by Gasteiger charge is 2.16. The van der Waals surface area contributed by atoms with Crippen molar-refractivity contribution in [1.29, 1.82) is 0 Å². The molecule has 0 aliphatic carbocycles. The van der Waals surface area contributed by atoms with E-state index in [0.717, 1.165) is 24.7 Å². The van der Waals surface area contributed by atoms with Crippen LogP contribution in [0, 0.1) is 0 Å². The highest BCUT2D eigenvalue weighted by atomic mass is 16.4. The Morgan fingerprint density at radius 3 is 0.673 bits per heavy atom. The maximum atomic E-state index is 10.4. The zero-order chi connectivity index (χ0) is 38.7. The minimum Gasteiger partial charge on any atom is -0.549 e. The van der Waals surface area contributed by atoms with Gasteiger partial charge in [0.15, 0.2) is 0 Å². The number of nitrogens with zero attached hydrogens (tertiary/aromatic N) is 4. The Morgan fingerprint density at radius 1 is 0.327 bits per heavy atom. The van der Waals surface area contributed by atoms with E-state index in [1.54, 1.807) is 0 Å². The normalized spacial score (nSPS) is 10.1. The van der Waals surface area contributed by atoms with Crippen LogP contribution in [-0.2, 0) is 47.9 Å². The number of nitrogens with one attached hydrogen (secondary N) is 2. The molecule has 0 bridgehead atoms. The minimum absolute atomic E-state index is 0.559. The Balaban J connectivity index is -0.000000655. The van der Waals surface area contributed by atoms with E-state index >= 15 is 0 Å². The van der Waals surface area contributed by atoms with Gasteiger partial charge in [0.2, 0.25) is 0 Å². The lowest BCUT2D eigenvalue weighted by Crippen LogP contribution is -2.54. The first-order valence-electron chi connectivity index (χ1n) is 12.5. The number of rotatable bonds is 26. The smallest absolute Gasteiger partial charge is 0.314 e. The highest BCUT2D eigenvalue weighted by molar-refractivity contribution is 6.31. The van der Waals surface area contributed by atoms with Crippen molar-refractivity contribution in [3.8, 4) is 0 Å². The van der Waals surface area contributed by atoms with Gasteiger partial charge in [-0.25, -0.2) is 0 Å². The van der Waals surface area contributed by atoms with E-state index < -0.39 is 125 Å². The summed E-state index contributed by atoms with van der Waals surface area (Å²) in [5, 5.41) is 106. The molecule has 0 amide bonds. The van der Waals surface area contributed by atoms with Crippen LogP contribution >= 0.6 is 0 Å². The van der Waals surface area contributed by atoms with Crippen LogP contribution in [0.2, 0.25) is 0 Å². The van der Waals surface area contributed by atoms with E-state index in [9.17, 15) is 99.0 Å². The van der Waals surface area contributed by atoms with Gasteiger partial charge in [0.25, 0.3) is 0 Å². The molecular weight excluding hydrogens is 677 g/mol. The van der Waals surface area contributed by atoms with Crippen molar-refractivity contribution < 1.29 is 99.0 Å². The lowest BCUT2D eigenvalue weighted by Gasteiger charge is -2.29. The van der Waals surface area contributed by atoms with E-state index in [1.165, 1.54) is 0 Å². The first-order valence-corrected chi connectivity index (χ1v) is 12.5. The van der Waals surface area contributed by atoms with E-state index in [-0.39, 0.29) is 0 Å². The van der Waals surface area contributed by atoms with E-state index in [2.05, 4.69) is 10.5 Å². The third-order valence-electron chi connectivity index (χ3n) is 4.02. The molecule has 0 aromatic heterocycles. The van der Waals surface area contributed by atoms with E-state index in [4.69, 9.17) is 0 Å². The molecule has 0 aromatic carbocycles. The van der Waals surface area contributed by atoms with Crippen molar-refractivity contribution in [2.45, 2.75) is 0 Å². The van der Waals surface area contributed by atoms with Crippen LogP contribution in [0.25, 0.3) is 0 Å². The van der Waals surface area contributed by atoms with Crippen LogP contribution in [0.4, 0.5) is 0 Å².